The van der Waals surface area contributed by atoms with Gasteiger partial charge in [0.2, 0.25) is 0 Å². The Labute approximate surface area is 117 Å². The summed E-state index contributed by atoms with van der Waals surface area (Å²) in [4.78, 5) is 17.9. The summed E-state index contributed by atoms with van der Waals surface area (Å²) in [6.45, 7) is 2.67. The van der Waals surface area contributed by atoms with Crippen molar-refractivity contribution in [3.05, 3.63) is 54.1 Å². The molecule has 1 aromatic carbocycles. The second kappa shape index (κ2) is 6.14. The molecule has 0 unspecified atom stereocenters. The van der Waals surface area contributed by atoms with E-state index in [-0.39, 0.29) is 11.7 Å². The van der Waals surface area contributed by atoms with E-state index in [1.165, 1.54) is 23.2 Å². The van der Waals surface area contributed by atoms with Crippen LogP contribution in [0.2, 0.25) is 0 Å². The number of anilines is 2. The fourth-order valence-electron chi connectivity index (χ4n) is 1.87. The monoisotopic (exact) mass is 273 g/mol. The van der Waals surface area contributed by atoms with Crippen LogP contribution >= 0.6 is 0 Å². The summed E-state index contributed by atoms with van der Waals surface area (Å²) in [5, 5.41) is 3.12. The van der Waals surface area contributed by atoms with E-state index in [4.69, 9.17) is 0 Å². The zero-order chi connectivity index (χ0) is 14.5. The van der Waals surface area contributed by atoms with E-state index < -0.39 is 0 Å². The average Bonchev–Trinajstić information content (AvgIpc) is 2.47. The maximum atomic E-state index is 12.9. The minimum atomic E-state index is -0.329. The first-order chi connectivity index (χ1) is 9.63. The zero-order valence-corrected chi connectivity index (χ0v) is 11.4. The first kappa shape index (κ1) is 14.0. The number of benzene rings is 1. The SMILES string of the molecule is CCNc1ccncc1C(=O)N(C)c1ccc(F)cc1. The van der Waals surface area contributed by atoms with Crippen molar-refractivity contribution < 1.29 is 9.18 Å². The first-order valence-corrected chi connectivity index (χ1v) is 6.35. The van der Waals surface area contributed by atoms with E-state index >= 15 is 0 Å². The Morgan fingerprint density at radius 2 is 2.00 bits per heavy atom. The standard InChI is InChI=1S/C15H16FN3O/c1-3-18-14-8-9-17-10-13(14)15(20)19(2)12-6-4-11(16)5-7-12/h4-10H,3H2,1-2H3,(H,17,18). The third-order valence-corrected chi connectivity index (χ3v) is 2.94. The number of carbonyl (C=O) groups excluding carboxylic acids is 1. The van der Waals surface area contributed by atoms with E-state index in [1.807, 2.05) is 6.92 Å². The normalized spacial score (nSPS) is 10.2. The van der Waals surface area contributed by atoms with Crippen LogP contribution in [0.1, 0.15) is 17.3 Å². The number of carbonyl (C=O) groups is 1. The lowest BCUT2D eigenvalue weighted by Gasteiger charge is -2.19. The molecule has 1 N–H and O–H groups in total. The molecule has 20 heavy (non-hydrogen) atoms. The number of amides is 1. The van der Waals surface area contributed by atoms with Crippen LogP contribution in [0.3, 0.4) is 0 Å². The largest absolute Gasteiger partial charge is 0.385 e. The molecule has 0 aliphatic carbocycles. The number of aromatic nitrogens is 1. The average molecular weight is 273 g/mol. The molecule has 2 rings (SSSR count). The molecule has 0 saturated heterocycles. The minimum Gasteiger partial charge on any atom is -0.385 e. The quantitative estimate of drug-likeness (QED) is 0.931. The summed E-state index contributed by atoms with van der Waals surface area (Å²) in [6, 6.07) is 7.55. The second-order valence-corrected chi connectivity index (χ2v) is 4.29. The van der Waals surface area contributed by atoms with Crippen LogP contribution in [-0.2, 0) is 0 Å². The second-order valence-electron chi connectivity index (χ2n) is 4.29. The van der Waals surface area contributed by atoms with Crippen LogP contribution in [0.5, 0.6) is 0 Å². The fraction of sp³-hybridized carbons (Fsp3) is 0.200. The lowest BCUT2D eigenvalue weighted by atomic mass is 10.2. The Hall–Kier alpha value is -2.43. The van der Waals surface area contributed by atoms with E-state index in [0.29, 0.717) is 17.8 Å². The molecule has 0 fully saturated rings. The van der Waals surface area contributed by atoms with Crippen LogP contribution in [-0.4, -0.2) is 24.5 Å². The Morgan fingerprint density at radius 1 is 1.30 bits per heavy atom. The highest BCUT2D eigenvalue weighted by molar-refractivity contribution is 6.09. The van der Waals surface area contributed by atoms with Gasteiger partial charge in [-0.25, -0.2) is 4.39 Å². The molecule has 1 heterocycles. The van der Waals surface area contributed by atoms with Gasteiger partial charge in [0.15, 0.2) is 0 Å². The molecular weight excluding hydrogens is 257 g/mol. The van der Waals surface area contributed by atoms with Gasteiger partial charge < -0.3 is 10.2 Å². The van der Waals surface area contributed by atoms with Gasteiger partial charge in [0.05, 0.1) is 11.3 Å². The van der Waals surface area contributed by atoms with E-state index in [0.717, 1.165) is 5.69 Å². The maximum Gasteiger partial charge on any atom is 0.261 e. The summed E-state index contributed by atoms with van der Waals surface area (Å²) in [6.07, 6.45) is 3.16. The van der Waals surface area contributed by atoms with E-state index in [2.05, 4.69) is 10.3 Å². The molecule has 2 aromatic rings. The van der Waals surface area contributed by atoms with Gasteiger partial charge in [-0.05, 0) is 37.3 Å². The molecule has 104 valence electrons. The third-order valence-electron chi connectivity index (χ3n) is 2.94. The Balaban J connectivity index is 2.29. The number of hydrogen-bond donors (Lipinski definition) is 1. The van der Waals surface area contributed by atoms with Crippen molar-refractivity contribution in [2.45, 2.75) is 6.92 Å². The molecule has 5 heteroatoms. The van der Waals surface area contributed by atoms with Crippen molar-refractivity contribution in [1.29, 1.82) is 0 Å². The molecule has 0 atom stereocenters. The Morgan fingerprint density at radius 3 is 2.65 bits per heavy atom. The first-order valence-electron chi connectivity index (χ1n) is 6.35. The van der Waals surface area contributed by atoms with Crippen LogP contribution in [0, 0.1) is 5.82 Å². The van der Waals surface area contributed by atoms with E-state index in [1.54, 1.807) is 31.4 Å². The van der Waals surface area contributed by atoms with Gasteiger partial charge in [-0.3, -0.25) is 9.78 Å². The van der Waals surface area contributed by atoms with Gasteiger partial charge in [-0.1, -0.05) is 0 Å². The van der Waals surface area contributed by atoms with Crippen LogP contribution in [0.25, 0.3) is 0 Å². The van der Waals surface area contributed by atoms with E-state index in [9.17, 15) is 9.18 Å². The molecular formula is C15H16FN3O. The molecule has 0 aliphatic rings. The van der Waals surface area contributed by atoms with Crippen molar-refractivity contribution >= 4 is 17.3 Å². The van der Waals surface area contributed by atoms with Crippen molar-refractivity contribution in [3.8, 4) is 0 Å². The third kappa shape index (κ3) is 2.93. The molecule has 1 amide bonds. The van der Waals surface area contributed by atoms with Crippen LogP contribution in [0.15, 0.2) is 42.7 Å². The maximum absolute atomic E-state index is 12.9. The number of nitrogens with zero attached hydrogens (tertiary/aromatic N) is 2. The number of halogens is 1. The molecule has 0 saturated carbocycles. The highest BCUT2D eigenvalue weighted by atomic mass is 19.1. The molecule has 0 spiro atoms. The lowest BCUT2D eigenvalue weighted by molar-refractivity contribution is 0.0993. The van der Waals surface area contributed by atoms with Gasteiger partial charge in [0, 0.05) is 31.7 Å². The summed E-state index contributed by atoms with van der Waals surface area (Å²) in [5.41, 5.74) is 1.85. The molecule has 0 aliphatic heterocycles. The lowest BCUT2D eigenvalue weighted by Crippen LogP contribution is -2.27. The van der Waals surface area contributed by atoms with Crippen molar-refractivity contribution in [2.24, 2.45) is 0 Å². The molecule has 0 radical (unpaired) electrons. The number of pyridine rings is 1. The molecule has 1 aromatic heterocycles. The van der Waals surface area contributed by atoms with Crippen molar-refractivity contribution in [3.63, 3.8) is 0 Å². The molecule has 0 bridgehead atoms. The topological polar surface area (TPSA) is 45.2 Å². The van der Waals surface area contributed by atoms with Crippen LogP contribution in [0.4, 0.5) is 15.8 Å². The van der Waals surface area contributed by atoms with Gasteiger partial charge in [-0.2, -0.15) is 0 Å². The van der Waals surface area contributed by atoms with Crippen molar-refractivity contribution in [1.82, 2.24) is 4.98 Å². The number of nitrogens with one attached hydrogen (secondary N) is 1. The highest BCUT2D eigenvalue weighted by Gasteiger charge is 2.17. The summed E-state index contributed by atoms with van der Waals surface area (Å²) < 4.78 is 12.9. The number of hydrogen-bond acceptors (Lipinski definition) is 3. The summed E-state index contributed by atoms with van der Waals surface area (Å²) in [7, 11) is 1.65. The summed E-state index contributed by atoms with van der Waals surface area (Å²) >= 11 is 0. The Bertz CT molecular complexity index is 598. The number of rotatable bonds is 4. The predicted molar refractivity (Wildman–Crippen MR) is 77.5 cm³/mol. The van der Waals surface area contributed by atoms with Crippen LogP contribution < -0.4 is 10.2 Å². The van der Waals surface area contributed by atoms with Crippen molar-refractivity contribution in [2.75, 3.05) is 23.8 Å². The summed E-state index contributed by atoms with van der Waals surface area (Å²) in [5.74, 6) is -0.523. The van der Waals surface area contributed by atoms with Gasteiger partial charge in [0.25, 0.3) is 5.91 Å². The minimum absolute atomic E-state index is 0.194. The Kier molecular flexibility index (Phi) is 4.30. The smallest absolute Gasteiger partial charge is 0.261 e. The fourth-order valence-corrected chi connectivity index (χ4v) is 1.87. The molecule has 4 nitrogen and oxygen atoms in total. The van der Waals surface area contributed by atoms with Gasteiger partial charge >= 0.3 is 0 Å². The predicted octanol–water partition coefficient (Wildman–Crippen LogP) is 2.93. The van der Waals surface area contributed by atoms with Gasteiger partial charge in [0.1, 0.15) is 5.82 Å². The highest BCUT2D eigenvalue weighted by Crippen LogP contribution is 2.20. The zero-order valence-electron chi connectivity index (χ0n) is 11.4. The van der Waals surface area contributed by atoms with Gasteiger partial charge in [-0.15, -0.1) is 0 Å².